The van der Waals surface area contributed by atoms with E-state index in [0.29, 0.717) is 19.8 Å². The van der Waals surface area contributed by atoms with Crippen LogP contribution in [0.5, 0.6) is 0 Å². The fourth-order valence-electron chi connectivity index (χ4n) is 0.748. The van der Waals surface area contributed by atoms with Crippen LogP contribution >= 0.6 is 11.6 Å². The van der Waals surface area contributed by atoms with Crippen molar-refractivity contribution in [3.8, 4) is 0 Å². The molecular formula is C9H17ClN2O3. The second-order valence-electron chi connectivity index (χ2n) is 3.03. The summed E-state index contributed by atoms with van der Waals surface area (Å²) in [5, 5.41) is 1.45. The van der Waals surface area contributed by atoms with Crippen molar-refractivity contribution in [1.29, 1.82) is 0 Å². The normalized spacial score (nSPS) is 12.0. The van der Waals surface area contributed by atoms with Gasteiger partial charge in [0.2, 0.25) is 5.91 Å². The fourth-order valence-corrected chi connectivity index (χ4v) is 0.802. The third kappa shape index (κ3) is 6.30. The standard InChI is InChI=1S/C9H17ClN2O3/c1-4-15-6-5-12(3)9(14)11-8(13)7(2)10/h7H,4-6H2,1-3H3,(H,11,13,14). The number of urea groups is 1. The second-order valence-corrected chi connectivity index (χ2v) is 3.68. The Morgan fingerprint density at radius 2 is 2.13 bits per heavy atom. The first kappa shape index (κ1) is 14.2. The molecule has 0 fully saturated rings. The first-order valence-corrected chi connectivity index (χ1v) is 5.20. The number of nitrogens with zero attached hydrogens (tertiary/aromatic N) is 1. The number of hydrogen-bond acceptors (Lipinski definition) is 3. The number of amides is 3. The van der Waals surface area contributed by atoms with E-state index in [4.69, 9.17) is 16.3 Å². The van der Waals surface area contributed by atoms with Gasteiger partial charge in [-0.3, -0.25) is 10.1 Å². The van der Waals surface area contributed by atoms with Crippen molar-refractivity contribution in [1.82, 2.24) is 10.2 Å². The summed E-state index contributed by atoms with van der Waals surface area (Å²) in [6.07, 6.45) is 0. The SMILES string of the molecule is CCOCCN(C)C(=O)NC(=O)C(C)Cl. The minimum atomic E-state index is -0.714. The molecule has 0 bridgehead atoms. The molecule has 88 valence electrons. The van der Waals surface area contributed by atoms with Crippen LogP contribution < -0.4 is 5.32 Å². The van der Waals surface area contributed by atoms with Crippen molar-refractivity contribution < 1.29 is 14.3 Å². The smallest absolute Gasteiger partial charge is 0.323 e. The molecule has 1 atom stereocenters. The van der Waals surface area contributed by atoms with Gasteiger partial charge in [-0.15, -0.1) is 11.6 Å². The number of ether oxygens (including phenoxy) is 1. The molecule has 1 N–H and O–H groups in total. The zero-order valence-corrected chi connectivity index (χ0v) is 10.0. The van der Waals surface area contributed by atoms with E-state index in [1.807, 2.05) is 6.92 Å². The average molecular weight is 237 g/mol. The Labute approximate surface area is 94.7 Å². The van der Waals surface area contributed by atoms with Gasteiger partial charge < -0.3 is 9.64 Å². The number of carbonyl (C=O) groups is 2. The lowest BCUT2D eigenvalue weighted by Crippen LogP contribution is -2.44. The van der Waals surface area contributed by atoms with E-state index in [2.05, 4.69) is 5.32 Å². The fraction of sp³-hybridized carbons (Fsp3) is 0.778. The molecule has 0 saturated heterocycles. The Kier molecular flexibility index (Phi) is 7.07. The molecular weight excluding hydrogens is 220 g/mol. The number of nitrogens with one attached hydrogen (secondary N) is 1. The van der Waals surface area contributed by atoms with Crippen LogP contribution in [-0.2, 0) is 9.53 Å². The Morgan fingerprint density at radius 1 is 1.53 bits per heavy atom. The first-order chi connectivity index (χ1) is 6.99. The number of halogens is 1. The molecule has 0 heterocycles. The molecule has 0 aromatic carbocycles. The van der Waals surface area contributed by atoms with Crippen LogP contribution in [0.3, 0.4) is 0 Å². The number of hydrogen-bond donors (Lipinski definition) is 1. The molecule has 0 saturated carbocycles. The lowest BCUT2D eigenvalue weighted by Gasteiger charge is -2.17. The number of likely N-dealkylation sites (N-methyl/N-ethyl adjacent to an activating group) is 1. The summed E-state index contributed by atoms with van der Waals surface area (Å²) >= 11 is 5.50. The third-order valence-electron chi connectivity index (χ3n) is 1.71. The highest BCUT2D eigenvalue weighted by Gasteiger charge is 2.15. The van der Waals surface area contributed by atoms with Gasteiger partial charge in [-0.2, -0.15) is 0 Å². The highest BCUT2D eigenvalue weighted by Crippen LogP contribution is 1.93. The van der Waals surface area contributed by atoms with Crippen LogP contribution in [0.1, 0.15) is 13.8 Å². The molecule has 3 amide bonds. The van der Waals surface area contributed by atoms with E-state index in [-0.39, 0.29) is 0 Å². The van der Waals surface area contributed by atoms with Gasteiger partial charge in [0, 0.05) is 20.2 Å². The molecule has 0 aliphatic rings. The predicted molar refractivity (Wildman–Crippen MR) is 58.0 cm³/mol. The topological polar surface area (TPSA) is 58.6 Å². The quantitative estimate of drug-likeness (QED) is 0.568. The molecule has 1 unspecified atom stereocenters. The summed E-state index contributed by atoms with van der Waals surface area (Å²) < 4.78 is 5.07. The van der Waals surface area contributed by atoms with Crippen molar-refractivity contribution in [3.05, 3.63) is 0 Å². The summed E-state index contributed by atoms with van der Waals surface area (Å²) in [5.74, 6) is -0.495. The Morgan fingerprint density at radius 3 is 2.60 bits per heavy atom. The molecule has 15 heavy (non-hydrogen) atoms. The van der Waals surface area contributed by atoms with Crippen molar-refractivity contribution in [2.45, 2.75) is 19.2 Å². The Bertz CT molecular complexity index is 221. The van der Waals surface area contributed by atoms with E-state index in [9.17, 15) is 9.59 Å². The number of carbonyl (C=O) groups excluding carboxylic acids is 2. The zero-order chi connectivity index (χ0) is 11.8. The van der Waals surface area contributed by atoms with E-state index in [0.717, 1.165) is 0 Å². The molecule has 0 radical (unpaired) electrons. The minimum absolute atomic E-state index is 0.434. The van der Waals surface area contributed by atoms with Crippen LogP contribution in [0.2, 0.25) is 0 Å². The van der Waals surface area contributed by atoms with Crippen LogP contribution in [0.15, 0.2) is 0 Å². The van der Waals surface area contributed by atoms with Gasteiger partial charge in [0.1, 0.15) is 5.38 Å². The maximum absolute atomic E-state index is 11.3. The molecule has 6 heteroatoms. The Hall–Kier alpha value is -0.810. The maximum atomic E-state index is 11.3. The number of rotatable bonds is 5. The predicted octanol–water partition coefficient (Wildman–Crippen LogP) is 0.818. The van der Waals surface area contributed by atoms with Gasteiger partial charge in [0.15, 0.2) is 0 Å². The van der Waals surface area contributed by atoms with E-state index in [1.54, 1.807) is 7.05 Å². The highest BCUT2D eigenvalue weighted by molar-refractivity contribution is 6.31. The average Bonchev–Trinajstić information content (AvgIpc) is 2.17. The van der Waals surface area contributed by atoms with Gasteiger partial charge in [-0.1, -0.05) is 0 Å². The van der Waals surface area contributed by atoms with Crippen molar-refractivity contribution in [2.75, 3.05) is 26.8 Å². The van der Waals surface area contributed by atoms with Gasteiger partial charge >= 0.3 is 6.03 Å². The van der Waals surface area contributed by atoms with Crippen LogP contribution in [0, 0.1) is 0 Å². The number of alkyl halides is 1. The van der Waals surface area contributed by atoms with Crippen molar-refractivity contribution in [3.63, 3.8) is 0 Å². The van der Waals surface area contributed by atoms with E-state index >= 15 is 0 Å². The summed E-state index contributed by atoms with van der Waals surface area (Å²) in [7, 11) is 1.58. The largest absolute Gasteiger partial charge is 0.380 e. The molecule has 5 nitrogen and oxygen atoms in total. The van der Waals surface area contributed by atoms with Gasteiger partial charge in [0.25, 0.3) is 0 Å². The van der Waals surface area contributed by atoms with Gasteiger partial charge in [0.05, 0.1) is 6.61 Å². The van der Waals surface area contributed by atoms with Gasteiger partial charge in [-0.25, -0.2) is 4.79 Å². The second kappa shape index (κ2) is 7.48. The molecule has 0 aromatic rings. The summed E-state index contributed by atoms with van der Waals surface area (Å²) in [6.45, 7) is 4.87. The van der Waals surface area contributed by atoms with Crippen LogP contribution in [0.25, 0.3) is 0 Å². The summed E-state index contributed by atoms with van der Waals surface area (Å²) in [6, 6.07) is -0.466. The number of imide groups is 1. The van der Waals surface area contributed by atoms with Crippen molar-refractivity contribution in [2.24, 2.45) is 0 Å². The zero-order valence-electron chi connectivity index (χ0n) is 9.25. The lowest BCUT2D eigenvalue weighted by molar-refractivity contribution is -0.119. The molecule has 0 aliphatic heterocycles. The molecule has 0 rings (SSSR count). The van der Waals surface area contributed by atoms with E-state index in [1.165, 1.54) is 11.8 Å². The highest BCUT2D eigenvalue weighted by atomic mass is 35.5. The minimum Gasteiger partial charge on any atom is -0.380 e. The van der Waals surface area contributed by atoms with Crippen LogP contribution in [0.4, 0.5) is 4.79 Å². The van der Waals surface area contributed by atoms with E-state index < -0.39 is 17.3 Å². The third-order valence-corrected chi connectivity index (χ3v) is 1.91. The van der Waals surface area contributed by atoms with Gasteiger partial charge in [-0.05, 0) is 13.8 Å². The Balaban J connectivity index is 3.83. The molecule has 0 spiro atoms. The molecule has 0 aromatic heterocycles. The molecule has 0 aliphatic carbocycles. The maximum Gasteiger partial charge on any atom is 0.323 e. The first-order valence-electron chi connectivity index (χ1n) is 4.76. The summed E-state index contributed by atoms with van der Waals surface area (Å²) in [4.78, 5) is 23.8. The van der Waals surface area contributed by atoms with Crippen LogP contribution in [-0.4, -0.2) is 49.0 Å². The van der Waals surface area contributed by atoms with Crippen molar-refractivity contribution >= 4 is 23.5 Å². The summed E-state index contributed by atoms with van der Waals surface area (Å²) in [5.41, 5.74) is 0. The monoisotopic (exact) mass is 236 g/mol. The lowest BCUT2D eigenvalue weighted by atomic mass is 10.4.